The quantitative estimate of drug-likeness (QED) is 0.469. The summed E-state index contributed by atoms with van der Waals surface area (Å²) in [5.41, 5.74) is 3.44. The Hall–Kier alpha value is -3.81. The van der Waals surface area contributed by atoms with Crippen LogP contribution in [0.3, 0.4) is 0 Å². The van der Waals surface area contributed by atoms with Crippen molar-refractivity contribution >= 4 is 22.8 Å². The van der Waals surface area contributed by atoms with Crippen molar-refractivity contribution in [2.75, 3.05) is 18.4 Å². The molecular formula is C25H25FN6O. The fraction of sp³-hybridized carbons (Fsp3) is 0.280. The number of nitrogens with zero attached hydrogens (tertiary/aromatic N) is 4. The Morgan fingerprint density at radius 1 is 1.15 bits per heavy atom. The van der Waals surface area contributed by atoms with Crippen LogP contribution in [0.4, 0.5) is 10.2 Å². The number of amides is 1. The first kappa shape index (κ1) is 21.1. The van der Waals surface area contributed by atoms with Gasteiger partial charge in [-0.25, -0.2) is 9.37 Å². The predicted octanol–water partition coefficient (Wildman–Crippen LogP) is 4.05. The Labute approximate surface area is 191 Å². The van der Waals surface area contributed by atoms with Crippen LogP contribution >= 0.6 is 0 Å². The Morgan fingerprint density at radius 2 is 2.03 bits per heavy atom. The summed E-state index contributed by atoms with van der Waals surface area (Å²) in [5.74, 6) is 0.757. The zero-order valence-corrected chi connectivity index (χ0v) is 18.2. The van der Waals surface area contributed by atoms with Crippen LogP contribution in [0.1, 0.15) is 35.7 Å². The van der Waals surface area contributed by atoms with E-state index in [9.17, 15) is 9.18 Å². The van der Waals surface area contributed by atoms with E-state index in [0.717, 1.165) is 41.7 Å². The molecule has 168 valence electrons. The van der Waals surface area contributed by atoms with Crippen molar-refractivity contribution in [1.29, 1.82) is 0 Å². The van der Waals surface area contributed by atoms with Crippen LogP contribution < -0.4 is 5.32 Å². The molecule has 1 fully saturated rings. The second kappa shape index (κ2) is 9.36. The van der Waals surface area contributed by atoms with E-state index in [1.54, 1.807) is 18.3 Å². The molecule has 7 nitrogen and oxygen atoms in total. The lowest BCUT2D eigenvalue weighted by Crippen LogP contribution is -2.40. The highest BCUT2D eigenvalue weighted by Crippen LogP contribution is 2.28. The normalized spacial score (nSPS) is 16.2. The van der Waals surface area contributed by atoms with Crippen LogP contribution in [-0.2, 0) is 17.8 Å². The van der Waals surface area contributed by atoms with Crippen LogP contribution in [0.2, 0.25) is 0 Å². The van der Waals surface area contributed by atoms with Gasteiger partial charge in [-0.2, -0.15) is 5.10 Å². The van der Waals surface area contributed by atoms with Crippen molar-refractivity contribution in [2.45, 2.75) is 31.7 Å². The van der Waals surface area contributed by atoms with E-state index in [2.05, 4.69) is 20.5 Å². The molecule has 0 bridgehead atoms. The number of carbonyl (C=O) groups is 1. The SMILES string of the molecule is O=C(Cc1ccccn1)N1CCC[C@H](c2ccc3c(NCc4ccc(F)cc4)n[nH]c3n2)C1. The molecule has 2 N–H and O–H groups in total. The van der Waals surface area contributed by atoms with Crippen LogP contribution in [0.25, 0.3) is 11.0 Å². The lowest BCUT2D eigenvalue weighted by molar-refractivity contribution is -0.131. The minimum Gasteiger partial charge on any atom is -0.364 e. The fourth-order valence-corrected chi connectivity index (χ4v) is 4.28. The molecule has 5 rings (SSSR count). The number of hydrogen-bond acceptors (Lipinski definition) is 5. The molecule has 1 saturated heterocycles. The summed E-state index contributed by atoms with van der Waals surface area (Å²) < 4.78 is 13.1. The standard InChI is InChI=1S/C25H25FN6O/c26-19-8-6-17(7-9-19)15-28-24-21-10-11-22(29-25(21)31-30-24)18-4-3-13-32(16-18)23(33)14-20-5-1-2-12-27-20/h1-2,5-12,18H,3-4,13-16H2,(H2,28,29,30,31)/t18-/m0/s1. The van der Waals surface area contributed by atoms with Gasteiger partial charge < -0.3 is 10.2 Å². The molecule has 0 spiro atoms. The number of halogens is 1. The van der Waals surface area contributed by atoms with Gasteiger partial charge in [0.25, 0.3) is 0 Å². The maximum Gasteiger partial charge on any atom is 0.228 e. The van der Waals surface area contributed by atoms with Gasteiger partial charge in [-0.15, -0.1) is 0 Å². The molecule has 1 aromatic carbocycles. The zero-order chi connectivity index (χ0) is 22.6. The summed E-state index contributed by atoms with van der Waals surface area (Å²) in [5, 5.41) is 11.6. The molecule has 4 heterocycles. The third-order valence-corrected chi connectivity index (χ3v) is 6.07. The number of nitrogens with one attached hydrogen (secondary N) is 2. The Kier molecular flexibility index (Phi) is 5.97. The van der Waals surface area contributed by atoms with Crippen LogP contribution in [0, 0.1) is 5.82 Å². The smallest absolute Gasteiger partial charge is 0.228 e. The van der Waals surface area contributed by atoms with Gasteiger partial charge in [-0.05, 0) is 54.8 Å². The number of pyridine rings is 2. The van der Waals surface area contributed by atoms with Gasteiger partial charge in [0, 0.05) is 43.1 Å². The van der Waals surface area contributed by atoms with Crippen molar-refractivity contribution in [3.8, 4) is 0 Å². The first-order valence-electron chi connectivity index (χ1n) is 11.2. The third kappa shape index (κ3) is 4.84. The van der Waals surface area contributed by atoms with Crippen molar-refractivity contribution in [3.63, 3.8) is 0 Å². The maximum atomic E-state index is 13.1. The van der Waals surface area contributed by atoms with Crippen molar-refractivity contribution < 1.29 is 9.18 Å². The molecule has 3 aromatic heterocycles. The minimum absolute atomic E-state index is 0.105. The molecule has 0 aliphatic carbocycles. The molecule has 1 atom stereocenters. The second-order valence-corrected chi connectivity index (χ2v) is 8.36. The lowest BCUT2D eigenvalue weighted by Gasteiger charge is -2.32. The van der Waals surface area contributed by atoms with E-state index < -0.39 is 0 Å². The summed E-state index contributed by atoms with van der Waals surface area (Å²) in [4.78, 5) is 23.8. The summed E-state index contributed by atoms with van der Waals surface area (Å²) in [6.07, 6.45) is 3.99. The number of rotatable bonds is 6. The number of aromatic nitrogens is 4. The largest absolute Gasteiger partial charge is 0.364 e. The maximum absolute atomic E-state index is 13.1. The van der Waals surface area contributed by atoms with Gasteiger partial charge in [0.15, 0.2) is 11.5 Å². The van der Waals surface area contributed by atoms with Crippen molar-refractivity contribution in [3.05, 3.63) is 83.6 Å². The van der Waals surface area contributed by atoms with Crippen LogP contribution in [0.5, 0.6) is 0 Å². The molecule has 4 aromatic rings. The van der Waals surface area contributed by atoms with Gasteiger partial charge in [-0.3, -0.25) is 14.9 Å². The number of H-pyrrole nitrogens is 1. The predicted molar refractivity (Wildman–Crippen MR) is 124 cm³/mol. The highest BCUT2D eigenvalue weighted by molar-refractivity contribution is 5.87. The van der Waals surface area contributed by atoms with E-state index in [1.807, 2.05) is 35.2 Å². The number of fused-ring (bicyclic) bond motifs is 1. The monoisotopic (exact) mass is 444 g/mol. The third-order valence-electron chi connectivity index (χ3n) is 6.07. The highest BCUT2D eigenvalue weighted by atomic mass is 19.1. The average molecular weight is 445 g/mol. The van der Waals surface area contributed by atoms with E-state index in [1.165, 1.54) is 12.1 Å². The van der Waals surface area contributed by atoms with Gasteiger partial charge >= 0.3 is 0 Å². The number of anilines is 1. The van der Waals surface area contributed by atoms with Gasteiger partial charge in [0.1, 0.15) is 5.82 Å². The molecule has 0 saturated carbocycles. The molecule has 1 amide bonds. The molecule has 33 heavy (non-hydrogen) atoms. The summed E-state index contributed by atoms with van der Waals surface area (Å²) in [6, 6.07) is 16.1. The minimum atomic E-state index is -0.250. The second-order valence-electron chi connectivity index (χ2n) is 8.36. The fourth-order valence-electron chi connectivity index (χ4n) is 4.28. The molecular weight excluding hydrogens is 419 g/mol. The molecule has 8 heteroatoms. The lowest BCUT2D eigenvalue weighted by atomic mass is 9.93. The molecule has 1 aliphatic rings. The van der Waals surface area contributed by atoms with Crippen LogP contribution in [0.15, 0.2) is 60.8 Å². The first-order valence-corrected chi connectivity index (χ1v) is 11.2. The van der Waals surface area contributed by atoms with E-state index in [4.69, 9.17) is 4.98 Å². The number of benzene rings is 1. The topological polar surface area (TPSA) is 86.8 Å². The van der Waals surface area contributed by atoms with E-state index in [-0.39, 0.29) is 17.6 Å². The highest BCUT2D eigenvalue weighted by Gasteiger charge is 2.26. The summed E-state index contributed by atoms with van der Waals surface area (Å²) >= 11 is 0. The molecule has 1 aliphatic heterocycles. The number of carbonyl (C=O) groups excluding carboxylic acids is 1. The number of aromatic amines is 1. The summed E-state index contributed by atoms with van der Waals surface area (Å²) in [6.45, 7) is 1.97. The zero-order valence-electron chi connectivity index (χ0n) is 18.2. The average Bonchev–Trinajstić information content (AvgIpc) is 3.26. The van der Waals surface area contributed by atoms with Crippen molar-refractivity contribution in [2.24, 2.45) is 0 Å². The van der Waals surface area contributed by atoms with Crippen LogP contribution in [-0.4, -0.2) is 44.1 Å². The Morgan fingerprint density at radius 3 is 2.85 bits per heavy atom. The van der Waals surface area contributed by atoms with Gasteiger partial charge in [-0.1, -0.05) is 18.2 Å². The van der Waals surface area contributed by atoms with Gasteiger partial charge in [0.05, 0.1) is 11.8 Å². The number of piperidine rings is 1. The van der Waals surface area contributed by atoms with E-state index in [0.29, 0.717) is 31.0 Å². The molecule has 0 radical (unpaired) electrons. The van der Waals surface area contributed by atoms with Crippen molar-refractivity contribution in [1.82, 2.24) is 25.1 Å². The van der Waals surface area contributed by atoms with Gasteiger partial charge in [0.2, 0.25) is 5.91 Å². The summed E-state index contributed by atoms with van der Waals surface area (Å²) in [7, 11) is 0. The Bertz CT molecular complexity index is 1240. The molecule has 0 unspecified atom stereocenters. The first-order chi connectivity index (χ1) is 16.2. The van der Waals surface area contributed by atoms with E-state index >= 15 is 0 Å². The number of likely N-dealkylation sites (tertiary alicyclic amines) is 1. The number of hydrogen-bond donors (Lipinski definition) is 2. The Balaban J connectivity index is 1.25.